The summed E-state index contributed by atoms with van der Waals surface area (Å²) < 4.78 is 5.07. The van der Waals surface area contributed by atoms with Crippen LogP contribution in [0.5, 0.6) is 0 Å². The fourth-order valence-electron chi connectivity index (χ4n) is 2.66. The van der Waals surface area contributed by atoms with Gasteiger partial charge < -0.3 is 15.8 Å². The molecule has 0 heterocycles. The highest BCUT2D eigenvalue weighted by molar-refractivity contribution is 5.78. The summed E-state index contributed by atoms with van der Waals surface area (Å²) in [5.74, 6) is 0.509. The van der Waals surface area contributed by atoms with Crippen LogP contribution < -0.4 is 11.1 Å². The first-order valence-corrected chi connectivity index (χ1v) is 7.19. The predicted octanol–water partition coefficient (Wildman–Crippen LogP) is 1.97. The molecule has 0 aromatic heterocycles. The van der Waals surface area contributed by atoms with Crippen LogP contribution in [0.25, 0.3) is 0 Å². The normalized spacial score (nSPS) is 18.6. The van der Waals surface area contributed by atoms with Crippen LogP contribution in [0.15, 0.2) is 29.3 Å². The molecule has 0 saturated heterocycles. The number of aliphatic imine (C=N–C) groups is 1. The predicted molar refractivity (Wildman–Crippen MR) is 83.1 cm³/mol. The minimum Gasteiger partial charge on any atom is -0.383 e. The third kappa shape index (κ3) is 3.51. The molecule has 1 fully saturated rings. The molecule has 0 aliphatic heterocycles. The van der Waals surface area contributed by atoms with Gasteiger partial charge in [0.1, 0.15) is 0 Å². The molecule has 4 heteroatoms. The number of nitrogens with two attached hydrogens (primary N) is 1. The first kappa shape index (κ1) is 14.9. The van der Waals surface area contributed by atoms with Crippen LogP contribution in [0.2, 0.25) is 0 Å². The Labute approximate surface area is 121 Å². The smallest absolute Gasteiger partial charge is 0.188 e. The third-order valence-corrected chi connectivity index (χ3v) is 3.93. The fourth-order valence-corrected chi connectivity index (χ4v) is 2.66. The number of nitrogens with one attached hydrogen (secondary N) is 1. The number of hydrogen-bond donors (Lipinski definition) is 2. The Morgan fingerprint density at radius 1 is 1.45 bits per heavy atom. The Morgan fingerprint density at radius 2 is 2.15 bits per heavy atom. The SMILES string of the molecule is COCC(C)NC(N)=NCC1(c2ccccc2C)CC1. The molecule has 0 radical (unpaired) electrons. The van der Waals surface area contributed by atoms with Gasteiger partial charge in [-0.15, -0.1) is 0 Å². The van der Waals surface area contributed by atoms with E-state index in [1.54, 1.807) is 7.11 Å². The molecular weight excluding hydrogens is 250 g/mol. The van der Waals surface area contributed by atoms with Crippen molar-refractivity contribution in [1.82, 2.24) is 5.32 Å². The summed E-state index contributed by atoms with van der Waals surface area (Å²) >= 11 is 0. The molecule has 1 aliphatic rings. The molecular formula is C16H25N3O. The molecule has 1 aromatic rings. The Morgan fingerprint density at radius 3 is 2.75 bits per heavy atom. The van der Waals surface area contributed by atoms with E-state index in [9.17, 15) is 0 Å². The van der Waals surface area contributed by atoms with E-state index in [1.165, 1.54) is 24.0 Å². The molecule has 1 aliphatic carbocycles. The lowest BCUT2D eigenvalue weighted by atomic mass is 9.92. The van der Waals surface area contributed by atoms with Gasteiger partial charge in [-0.25, -0.2) is 0 Å². The molecule has 4 nitrogen and oxygen atoms in total. The summed E-state index contributed by atoms with van der Waals surface area (Å²) in [6.07, 6.45) is 2.39. The van der Waals surface area contributed by atoms with Crippen molar-refractivity contribution in [2.45, 2.75) is 38.1 Å². The third-order valence-electron chi connectivity index (χ3n) is 3.93. The van der Waals surface area contributed by atoms with E-state index >= 15 is 0 Å². The van der Waals surface area contributed by atoms with Crippen molar-refractivity contribution in [1.29, 1.82) is 0 Å². The van der Waals surface area contributed by atoms with Crippen LogP contribution in [0, 0.1) is 6.92 Å². The maximum absolute atomic E-state index is 5.94. The van der Waals surface area contributed by atoms with E-state index in [2.05, 4.69) is 41.5 Å². The van der Waals surface area contributed by atoms with Gasteiger partial charge in [0.15, 0.2) is 5.96 Å². The number of rotatable bonds is 6. The van der Waals surface area contributed by atoms with E-state index in [0.29, 0.717) is 12.6 Å². The molecule has 1 saturated carbocycles. The highest BCUT2D eigenvalue weighted by Crippen LogP contribution is 2.49. The maximum atomic E-state index is 5.94. The van der Waals surface area contributed by atoms with Gasteiger partial charge in [0.05, 0.1) is 13.2 Å². The minimum absolute atomic E-state index is 0.178. The van der Waals surface area contributed by atoms with Crippen LogP contribution in [0.3, 0.4) is 0 Å². The second kappa shape index (κ2) is 6.27. The second-order valence-corrected chi connectivity index (χ2v) is 5.80. The molecule has 20 heavy (non-hydrogen) atoms. The summed E-state index contributed by atoms with van der Waals surface area (Å²) in [5.41, 5.74) is 8.91. The highest BCUT2D eigenvalue weighted by Gasteiger charge is 2.44. The van der Waals surface area contributed by atoms with Crippen LogP contribution in [0.1, 0.15) is 30.9 Å². The van der Waals surface area contributed by atoms with Gasteiger partial charge in [0.2, 0.25) is 0 Å². The van der Waals surface area contributed by atoms with Gasteiger partial charge in [0.25, 0.3) is 0 Å². The monoisotopic (exact) mass is 275 g/mol. The van der Waals surface area contributed by atoms with Gasteiger partial charge in [-0.2, -0.15) is 0 Å². The number of aryl methyl sites for hydroxylation is 1. The molecule has 1 aromatic carbocycles. The second-order valence-electron chi connectivity index (χ2n) is 5.80. The van der Waals surface area contributed by atoms with E-state index in [-0.39, 0.29) is 11.5 Å². The van der Waals surface area contributed by atoms with Crippen LogP contribution in [0.4, 0.5) is 0 Å². The van der Waals surface area contributed by atoms with Crippen molar-refractivity contribution in [3.8, 4) is 0 Å². The topological polar surface area (TPSA) is 59.6 Å². The van der Waals surface area contributed by atoms with Gasteiger partial charge in [-0.3, -0.25) is 4.99 Å². The van der Waals surface area contributed by atoms with Crippen molar-refractivity contribution in [2.24, 2.45) is 10.7 Å². The zero-order valence-corrected chi connectivity index (χ0v) is 12.6. The quantitative estimate of drug-likeness (QED) is 0.616. The molecule has 0 spiro atoms. The van der Waals surface area contributed by atoms with Crippen molar-refractivity contribution in [2.75, 3.05) is 20.3 Å². The van der Waals surface area contributed by atoms with Crippen molar-refractivity contribution < 1.29 is 4.74 Å². The lowest BCUT2D eigenvalue weighted by molar-refractivity contribution is 0.179. The van der Waals surface area contributed by atoms with E-state index < -0.39 is 0 Å². The number of ether oxygens (including phenoxy) is 1. The first-order valence-electron chi connectivity index (χ1n) is 7.19. The fraction of sp³-hybridized carbons (Fsp3) is 0.562. The van der Waals surface area contributed by atoms with E-state index in [1.807, 2.05) is 6.92 Å². The van der Waals surface area contributed by atoms with Crippen molar-refractivity contribution >= 4 is 5.96 Å². The standard InChI is InChI=1S/C16H25N3O/c1-12-6-4-5-7-14(12)16(8-9-16)11-18-15(17)19-13(2)10-20-3/h4-7,13H,8-11H2,1-3H3,(H3,17,18,19). The Hall–Kier alpha value is -1.55. The zero-order valence-electron chi connectivity index (χ0n) is 12.6. The highest BCUT2D eigenvalue weighted by atomic mass is 16.5. The molecule has 110 valence electrons. The molecule has 0 bridgehead atoms. The van der Waals surface area contributed by atoms with Gasteiger partial charge in [-0.1, -0.05) is 24.3 Å². The summed E-state index contributed by atoms with van der Waals surface area (Å²) in [4.78, 5) is 4.53. The van der Waals surface area contributed by atoms with Crippen molar-refractivity contribution in [3.05, 3.63) is 35.4 Å². The van der Waals surface area contributed by atoms with Gasteiger partial charge >= 0.3 is 0 Å². The minimum atomic E-state index is 0.178. The van der Waals surface area contributed by atoms with Gasteiger partial charge in [-0.05, 0) is 37.8 Å². The van der Waals surface area contributed by atoms with E-state index in [4.69, 9.17) is 10.5 Å². The summed E-state index contributed by atoms with van der Waals surface area (Å²) in [6, 6.07) is 8.75. The maximum Gasteiger partial charge on any atom is 0.188 e. The molecule has 1 unspecified atom stereocenters. The number of methoxy groups -OCH3 is 1. The first-order chi connectivity index (χ1) is 9.57. The largest absolute Gasteiger partial charge is 0.383 e. The number of hydrogen-bond acceptors (Lipinski definition) is 2. The Balaban J connectivity index is 1.98. The summed E-state index contributed by atoms with van der Waals surface area (Å²) in [7, 11) is 1.68. The molecule has 3 N–H and O–H groups in total. The lowest BCUT2D eigenvalue weighted by Gasteiger charge is -2.17. The van der Waals surface area contributed by atoms with Crippen LogP contribution in [-0.4, -0.2) is 32.3 Å². The molecule has 2 rings (SSSR count). The average Bonchev–Trinajstić information content (AvgIpc) is 3.18. The number of nitrogens with zero attached hydrogens (tertiary/aromatic N) is 1. The van der Waals surface area contributed by atoms with Crippen LogP contribution >= 0.6 is 0 Å². The van der Waals surface area contributed by atoms with Gasteiger partial charge in [0, 0.05) is 18.6 Å². The molecule has 0 amide bonds. The number of guanidine groups is 1. The Bertz CT molecular complexity index is 480. The Kier molecular flexibility index (Phi) is 4.65. The average molecular weight is 275 g/mol. The molecule has 1 atom stereocenters. The van der Waals surface area contributed by atoms with E-state index in [0.717, 1.165) is 6.54 Å². The summed E-state index contributed by atoms with van der Waals surface area (Å²) in [6.45, 7) is 5.58. The zero-order chi connectivity index (χ0) is 14.6. The van der Waals surface area contributed by atoms with Crippen LogP contribution in [-0.2, 0) is 10.2 Å². The number of benzene rings is 1. The van der Waals surface area contributed by atoms with Crippen molar-refractivity contribution in [3.63, 3.8) is 0 Å². The summed E-state index contributed by atoms with van der Waals surface area (Å²) in [5, 5.41) is 3.15. The lowest BCUT2D eigenvalue weighted by Crippen LogP contribution is -2.41.